The van der Waals surface area contributed by atoms with E-state index in [2.05, 4.69) is 4.98 Å². The zero-order valence-corrected chi connectivity index (χ0v) is 9.79. The number of hydrogen-bond donors (Lipinski definition) is 1. The number of aromatic nitrogens is 1. The quantitative estimate of drug-likeness (QED) is 0.823. The van der Waals surface area contributed by atoms with Gasteiger partial charge in [-0.25, -0.2) is 4.98 Å². The number of amides is 2. The van der Waals surface area contributed by atoms with E-state index in [4.69, 9.17) is 5.73 Å². The second-order valence-corrected chi connectivity index (χ2v) is 5.00. The zero-order valence-electron chi connectivity index (χ0n) is 8.97. The number of carbonyl (C=O) groups excluding carboxylic acids is 2. The molecule has 1 aromatic heterocycles. The smallest absolute Gasteiger partial charge is 0.223 e. The number of aryl methyl sites for hydroxylation is 1. The van der Waals surface area contributed by atoms with Crippen molar-refractivity contribution < 1.29 is 9.59 Å². The lowest BCUT2D eigenvalue weighted by molar-refractivity contribution is -0.128. The normalized spacial score (nSPS) is 20.4. The van der Waals surface area contributed by atoms with E-state index in [-0.39, 0.29) is 18.2 Å². The molecule has 0 spiro atoms. The van der Waals surface area contributed by atoms with Crippen LogP contribution in [0.3, 0.4) is 0 Å². The van der Waals surface area contributed by atoms with Crippen LogP contribution in [0.15, 0.2) is 5.38 Å². The van der Waals surface area contributed by atoms with Gasteiger partial charge in [-0.15, -0.1) is 11.3 Å². The summed E-state index contributed by atoms with van der Waals surface area (Å²) in [5.41, 5.74) is 6.06. The summed E-state index contributed by atoms with van der Waals surface area (Å²) in [4.78, 5) is 28.5. The average Bonchev–Trinajstić information content (AvgIpc) is 2.75. The molecule has 0 aromatic carbocycles. The van der Waals surface area contributed by atoms with Crippen LogP contribution in [-0.4, -0.2) is 28.2 Å². The van der Waals surface area contributed by atoms with Crippen LogP contribution in [0.2, 0.25) is 0 Å². The van der Waals surface area contributed by atoms with Crippen LogP contribution in [0.5, 0.6) is 0 Å². The second-order valence-electron chi connectivity index (χ2n) is 3.94. The van der Waals surface area contributed by atoms with Crippen molar-refractivity contribution in [2.24, 2.45) is 11.7 Å². The van der Waals surface area contributed by atoms with Gasteiger partial charge in [0.2, 0.25) is 11.8 Å². The molecule has 2 N–H and O–H groups in total. The molecule has 0 radical (unpaired) electrons. The number of primary amides is 1. The molecule has 2 amide bonds. The van der Waals surface area contributed by atoms with Gasteiger partial charge < -0.3 is 10.6 Å². The van der Waals surface area contributed by atoms with Gasteiger partial charge in [0, 0.05) is 18.3 Å². The molecule has 86 valence electrons. The van der Waals surface area contributed by atoms with Crippen LogP contribution in [0.1, 0.15) is 17.1 Å². The Morgan fingerprint density at radius 1 is 1.75 bits per heavy atom. The number of thiazole rings is 1. The molecule has 1 atom stereocenters. The molecule has 1 unspecified atom stereocenters. The SMILES string of the molecule is Cc1nc(CN2CC(C(N)=O)CC2=O)cs1. The lowest BCUT2D eigenvalue weighted by atomic mass is 10.1. The van der Waals surface area contributed by atoms with Crippen molar-refractivity contribution in [3.05, 3.63) is 16.1 Å². The highest BCUT2D eigenvalue weighted by atomic mass is 32.1. The Hall–Kier alpha value is -1.43. The van der Waals surface area contributed by atoms with E-state index < -0.39 is 5.91 Å². The van der Waals surface area contributed by atoms with Gasteiger partial charge in [0.1, 0.15) is 0 Å². The zero-order chi connectivity index (χ0) is 11.7. The number of rotatable bonds is 3. The van der Waals surface area contributed by atoms with Crippen LogP contribution >= 0.6 is 11.3 Å². The molecule has 1 saturated heterocycles. The van der Waals surface area contributed by atoms with E-state index in [0.717, 1.165) is 10.7 Å². The third-order valence-electron chi connectivity index (χ3n) is 2.64. The largest absolute Gasteiger partial charge is 0.369 e. The van der Waals surface area contributed by atoms with Crippen LogP contribution in [-0.2, 0) is 16.1 Å². The third-order valence-corrected chi connectivity index (χ3v) is 3.46. The maximum Gasteiger partial charge on any atom is 0.223 e. The van der Waals surface area contributed by atoms with Gasteiger partial charge in [0.25, 0.3) is 0 Å². The molecule has 1 aromatic rings. The van der Waals surface area contributed by atoms with Crippen LogP contribution in [0.4, 0.5) is 0 Å². The maximum atomic E-state index is 11.6. The Balaban J connectivity index is 2.01. The Bertz CT molecular complexity index is 429. The fraction of sp³-hybridized carbons (Fsp3) is 0.500. The molecule has 0 aliphatic carbocycles. The Kier molecular flexibility index (Phi) is 2.91. The van der Waals surface area contributed by atoms with E-state index >= 15 is 0 Å². The molecule has 0 saturated carbocycles. The van der Waals surface area contributed by atoms with Gasteiger partial charge >= 0.3 is 0 Å². The van der Waals surface area contributed by atoms with E-state index in [0.29, 0.717) is 13.1 Å². The van der Waals surface area contributed by atoms with E-state index in [1.165, 1.54) is 0 Å². The number of nitrogens with two attached hydrogens (primary N) is 1. The summed E-state index contributed by atoms with van der Waals surface area (Å²) in [5, 5.41) is 2.91. The van der Waals surface area contributed by atoms with Gasteiger partial charge in [0.15, 0.2) is 0 Å². The fourth-order valence-corrected chi connectivity index (χ4v) is 2.40. The summed E-state index contributed by atoms with van der Waals surface area (Å²) in [5.74, 6) is -0.757. The Morgan fingerprint density at radius 3 is 3.00 bits per heavy atom. The summed E-state index contributed by atoms with van der Waals surface area (Å²) in [6.45, 7) is 2.82. The van der Waals surface area contributed by atoms with Crippen molar-refractivity contribution in [2.45, 2.75) is 19.9 Å². The van der Waals surface area contributed by atoms with Crippen LogP contribution in [0, 0.1) is 12.8 Å². The minimum Gasteiger partial charge on any atom is -0.369 e. The predicted octanol–water partition coefficient (Wildman–Crippen LogP) is 0.285. The molecule has 2 rings (SSSR count). The van der Waals surface area contributed by atoms with Crippen molar-refractivity contribution >= 4 is 23.2 Å². The molecule has 1 aliphatic heterocycles. The number of carbonyl (C=O) groups is 2. The lowest BCUT2D eigenvalue weighted by Gasteiger charge is -2.14. The van der Waals surface area contributed by atoms with Crippen molar-refractivity contribution in [1.29, 1.82) is 0 Å². The van der Waals surface area contributed by atoms with Gasteiger partial charge in [-0.05, 0) is 6.92 Å². The third kappa shape index (κ3) is 2.21. The molecular formula is C10H13N3O2S. The van der Waals surface area contributed by atoms with Crippen molar-refractivity contribution in [2.75, 3.05) is 6.54 Å². The van der Waals surface area contributed by atoms with E-state index in [9.17, 15) is 9.59 Å². The van der Waals surface area contributed by atoms with Gasteiger partial charge in [-0.2, -0.15) is 0 Å². The standard InChI is InChI=1S/C10H13N3O2S/c1-6-12-8(5-16-6)4-13-3-7(10(11)15)2-9(13)14/h5,7H,2-4H2,1H3,(H2,11,15). The highest BCUT2D eigenvalue weighted by Crippen LogP contribution is 2.20. The van der Waals surface area contributed by atoms with Crippen molar-refractivity contribution in [3.63, 3.8) is 0 Å². The molecule has 1 aliphatic rings. The summed E-state index contributed by atoms with van der Waals surface area (Å²) in [6.07, 6.45) is 0.235. The molecule has 0 bridgehead atoms. The minimum atomic E-state index is -0.398. The lowest BCUT2D eigenvalue weighted by Crippen LogP contribution is -2.28. The second kappa shape index (κ2) is 4.21. The Labute approximate surface area is 97.3 Å². The summed E-state index contributed by atoms with van der Waals surface area (Å²) in [6, 6.07) is 0. The van der Waals surface area contributed by atoms with Gasteiger partial charge in [-0.3, -0.25) is 9.59 Å². The highest BCUT2D eigenvalue weighted by Gasteiger charge is 2.33. The number of hydrogen-bond acceptors (Lipinski definition) is 4. The fourth-order valence-electron chi connectivity index (χ4n) is 1.79. The monoisotopic (exact) mass is 239 g/mol. The predicted molar refractivity (Wildman–Crippen MR) is 59.6 cm³/mol. The summed E-state index contributed by atoms with van der Waals surface area (Å²) in [7, 11) is 0. The first-order valence-corrected chi connectivity index (χ1v) is 5.92. The molecule has 2 heterocycles. The van der Waals surface area contributed by atoms with Crippen LogP contribution < -0.4 is 5.73 Å². The first-order chi connectivity index (χ1) is 7.56. The number of likely N-dealkylation sites (tertiary alicyclic amines) is 1. The first-order valence-electron chi connectivity index (χ1n) is 5.04. The van der Waals surface area contributed by atoms with Crippen molar-refractivity contribution in [1.82, 2.24) is 9.88 Å². The molecular weight excluding hydrogens is 226 g/mol. The van der Waals surface area contributed by atoms with Crippen molar-refractivity contribution in [3.8, 4) is 0 Å². The van der Waals surface area contributed by atoms with Gasteiger partial charge in [0.05, 0.1) is 23.2 Å². The summed E-state index contributed by atoms with van der Waals surface area (Å²) < 4.78 is 0. The molecule has 16 heavy (non-hydrogen) atoms. The molecule has 5 nitrogen and oxygen atoms in total. The summed E-state index contributed by atoms with van der Waals surface area (Å²) >= 11 is 1.56. The topological polar surface area (TPSA) is 76.3 Å². The van der Waals surface area contributed by atoms with E-state index in [1.807, 2.05) is 12.3 Å². The molecule has 1 fully saturated rings. The average molecular weight is 239 g/mol. The van der Waals surface area contributed by atoms with Gasteiger partial charge in [-0.1, -0.05) is 0 Å². The maximum absolute atomic E-state index is 11.6. The number of nitrogens with zero attached hydrogens (tertiary/aromatic N) is 2. The highest BCUT2D eigenvalue weighted by molar-refractivity contribution is 7.09. The van der Waals surface area contributed by atoms with E-state index in [1.54, 1.807) is 16.2 Å². The first kappa shape index (κ1) is 11.1. The van der Waals surface area contributed by atoms with Crippen LogP contribution in [0.25, 0.3) is 0 Å². The minimum absolute atomic E-state index is 0.0190. The molecule has 6 heteroatoms. The Morgan fingerprint density at radius 2 is 2.50 bits per heavy atom.